The molecule has 0 aliphatic carbocycles. The lowest BCUT2D eigenvalue weighted by Gasteiger charge is -2.44. The molecule has 0 radical (unpaired) electrons. The molecule has 318 valence electrons. The third-order valence-electron chi connectivity index (χ3n) is 8.69. The minimum Gasteiger partial charge on any atom is -0.295 e. The molecule has 0 N–H and O–H groups in total. The van der Waals surface area contributed by atoms with Gasteiger partial charge in [0.1, 0.15) is 70.4 Å². The monoisotopic (exact) mass is 892 g/mol. The molecule has 0 aliphatic rings. The number of rotatable bonds is 7. The highest BCUT2D eigenvalue weighted by atomic mass is 19.2. The highest BCUT2D eigenvalue weighted by molar-refractivity contribution is 7.20. The molecule has 1 aromatic heterocycles. The van der Waals surface area contributed by atoms with Gasteiger partial charge in [-0.2, -0.15) is 15.1 Å². The Morgan fingerprint density at radius 1 is 0.459 bits per heavy atom. The van der Waals surface area contributed by atoms with Crippen LogP contribution in [0.1, 0.15) is 6.92 Å². The number of nitrogens with zero attached hydrogens (tertiary/aromatic N) is 4. The van der Waals surface area contributed by atoms with Gasteiger partial charge in [-0.05, 0) is 6.92 Å². The highest BCUT2D eigenvalue weighted by Gasteiger charge is 2.52. The van der Waals surface area contributed by atoms with Crippen molar-refractivity contribution in [3.05, 3.63) is 152 Å². The zero-order chi connectivity index (χ0) is 46.3. The van der Waals surface area contributed by atoms with Crippen LogP contribution in [-0.2, 0) is 11.3 Å². The largest absolute Gasteiger partial charge is 0.295 e. The number of benzene rings is 4. The van der Waals surface area contributed by atoms with Crippen molar-refractivity contribution in [2.24, 2.45) is 0 Å². The number of aromatic nitrogens is 2. The number of hydrogen-bond donors (Lipinski definition) is 0. The smallest absolute Gasteiger partial charge is 0.200 e. The van der Waals surface area contributed by atoms with Crippen LogP contribution in [0, 0.1) is 139 Å². The summed E-state index contributed by atoms with van der Waals surface area (Å²) in [5, 5.41) is 17.4. The van der Waals surface area contributed by atoms with Gasteiger partial charge in [0.15, 0.2) is 94.5 Å². The number of Topliss-reactive ketones (excluding diaryl/α,β-unsaturated/α-hetero) is 1. The van der Waals surface area contributed by atoms with E-state index in [0.29, 0.717) is 0 Å². The van der Waals surface area contributed by atoms with Crippen molar-refractivity contribution in [2.45, 2.75) is 13.5 Å². The maximum atomic E-state index is 15.4. The van der Waals surface area contributed by atoms with E-state index in [9.17, 15) is 57.5 Å². The molecule has 0 saturated heterocycles. The lowest BCUT2D eigenvalue weighted by Crippen LogP contribution is -2.81. The van der Waals surface area contributed by atoms with Crippen LogP contribution in [0.4, 0.5) is 87.8 Å². The van der Waals surface area contributed by atoms with E-state index in [2.05, 4.69) is 4.98 Å². The van der Waals surface area contributed by atoms with Crippen molar-refractivity contribution in [2.75, 3.05) is 0 Å². The van der Waals surface area contributed by atoms with Crippen molar-refractivity contribution in [3.8, 4) is 12.1 Å². The van der Waals surface area contributed by atoms with Crippen LogP contribution in [0.5, 0.6) is 0 Å². The first-order chi connectivity index (χ1) is 28.4. The molecule has 0 atom stereocenters. The number of carbonyl (C=O) groups is 1. The lowest BCUT2D eigenvalue weighted by molar-refractivity contribution is -0.688. The number of allylic oxidation sites excluding steroid dienone is 2. The van der Waals surface area contributed by atoms with Gasteiger partial charge >= 0.3 is 0 Å². The van der Waals surface area contributed by atoms with Gasteiger partial charge in [0.25, 0.3) is 0 Å². The number of nitriles is 2. The third-order valence-corrected chi connectivity index (χ3v) is 8.69. The minimum absolute atomic E-state index is 0.142. The van der Waals surface area contributed by atoms with Gasteiger partial charge in [-0.25, -0.2) is 87.8 Å². The van der Waals surface area contributed by atoms with Gasteiger partial charge in [0, 0.05) is 0 Å². The lowest BCUT2D eigenvalue weighted by atomic mass is 9.12. The Morgan fingerprint density at radius 2 is 0.672 bits per heavy atom. The van der Waals surface area contributed by atoms with Crippen molar-refractivity contribution < 1.29 is 97.2 Å². The first kappa shape index (κ1) is 46.7. The molecule has 0 saturated carbocycles. The number of ketones is 1. The van der Waals surface area contributed by atoms with Gasteiger partial charge in [-0.3, -0.25) is 9.78 Å². The molecule has 0 aliphatic heterocycles. The number of carbonyl (C=O) groups excluding carboxylic acids is 1. The van der Waals surface area contributed by atoms with Crippen LogP contribution in [0.15, 0.2) is 35.9 Å². The normalized spacial score (nSPS) is 11.1. The van der Waals surface area contributed by atoms with E-state index in [1.54, 1.807) is 41.5 Å². The predicted molar refractivity (Wildman–Crippen MR) is 163 cm³/mol. The average Bonchev–Trinajstić information content (AvgIpc) is 3.24. The summed E-state index contributed by atoms with van der Waals surface area (Å²) in [5.41, 5.74) is -14.3. The summed E-state index contributed by atoms with van der Waals surface area (Å²) < 4.78 is 296. The van der Waals surface area contributed by atoms with E-state index in [-0.39, 0.29) is 23.5 Å². The van der Waals surface area contributed by atoms with E-state index in [1.165, 1.54) is 6.92 Å². The van der Waals surface area contributed by atoms with E-state index < -0.39 is 144 Å². The van der Waals surface area contributed by atoms with Gasteiger partial charge < -0.3 is 0 Å². The first-order valence-corrected chi connectivity index (χ1v) is 15.5. The molecule has 0 spiro atoms. The topological polar surface area (TPSA) is 81.4 Å². The molecule has 5 rings (SSSR count). The number of halogens is 20. The Kier molecular flexibility index (Phi) is 13.3. The summed E-state index contributed by atoms with van der Waals surface area (Å²) >= 11 is 0. The Morgan fingerprint density at radius 3 is 0.869 bits per heavy atom. The maximum absolute atomic E-state index is 15.4. The fraction of sp³-hybridized carbons (Fsp3) is 0.0571. The van der Waals surface area contributed by atoms with Gasteiger partial charge in [-0.1, -0.05) is 0 Å². The average molecular weight is 892 g/mol. The molecule has 5 aromatic rings. The Hall–Kier alpha value is -6.99. The highest BCUT2D eigenvalue weighted by Crippen LogP contribution is 2.30. The van der Waals surface area contributed by atoms with Crippen molar-refractivity contribution in [1.29, 1.82) is 10.5 Å². The summed E-state index contributed by atoms with van der Waals surface area (Å²) in [6, 6.07) is 3.44. The fourth-order valence-electron chi connectivity index (χ4n) is 6.04. The van der Waals surface area contributed by atoms with E-state index in [4.69, 9.17) is 10.5 Å². The Labute approximate surface area is 324 Å². The molecule has 5 nitrogen and oxygen atoms in total. The van der Waals surface area contributed by atoms with Crippen LogP contribution in [-0.4, -0.2) is 16.9 Å². The Bertz CT molecular complexity index is 2390. The molecular formula is C35H9BF20N4O. The second-order valence-electron chi connectivity index (χ2n) is 11.9. The second kappa shape index (κ2) is 17.3. The van der Waals surface area contributed by atoms with Crippen LogP contribution >= 0.6 is 0 Å². The third kappa shape index (κ3) is 7.35. The molecule has 0 amide bonds. The predicted octanol–water partition coefficient (Wildman–Crippen LogP) is 6.15. The summed E-state index contributed by atoms with van der Waals surface area (Å²) in [7, 11) is 0. The standard InChI is InChI=1S/C24BF20.C11H9N4O/c26-5-1(6(27)14(35)21(42)13(5)34)25(2-7(28)15(36)22(43)16(37)8(2)29,3-9(30)17(38)23(44)18(39)10(3)31)4-11(32)19(40)24(45)20(41)12(4)33;1-9(16)11(10(6-12)7-13)8-15-4-2-14-3-5-15/h;2-5H,8H2,1H3/q-1;+1. The summed E-state index contributed by atoms with van der Waals surface area (Å²) in [6.07, 6.45) is -0.762. The molecule has 1 heterocycles. The van der Waals surface area contributed by atoms with Crippen molar-refractivity contribution >= 4 is 33.8 Å². The molecule has 0 fully saturated rings. The van der Waals surface area contributed by atoms with E-state index >= 15 is 35.1 Å². The van der Waals surface area contributed by atoms with Gasteiger partial charge in [0.2, 0.25) is 0 Å². The SMILES string of the molecule is CC(=O)C(C[n+]1ccncc1)=C(C#N)C#N.Fc1c(F)c(F)c([B-](c2c(F)c(F)c(F)c(F)c2F)(c2c(F)c(F)c(F)c(F)c2F)c2c(F)c(F)c(F)c(F)c2F)c(F)c1F. The maximum Gasteiger partial charge on any atom is 0.200 e. The number of hydrogen-bond acceptors (Lipinski definition) is 4. The van der Waals surface area contributed by atoms with Crippen LogP contribution in [0.2, 0.25) is 0 Å². The van der Waals surface area contributed by atoms with E-state index in [1.807, 2.05) is 0 Å². The summed E-state index contributed by atoms with van der Waals surface area (Å²) in [5.74, 6) is -71.7. The first-order valence-electron chi connectivity index (χ1n) is 15.5. The second-order valence-corrected chi connectivity index (χ2v) is 11.9. The summed E-state index contributed by atoms with van der Waals surface area (Å²) in [6.45, 7) is 1.54. The van der Waals surface area contributed by atoms with Crippen LogP contribution < -0.4 is 26.4 Å². The zero-order valence-electron chi connectivity index (χ0n) is 28.9. The van der Waals surface area contributed by atoms with Gasteiger partial charge in [-0.15, -0.1) is 21.9 Å². The molecule has 26 heteroatoms. The van der Waals surface area contributed by atoms with Crippen LogP contribution in [0.3, 0.4) is 0 Å². The van der Waals surface area contributed by atoms with Crippen LogP contribution in [0.25, 0.3) is 0 Å². The summed E-state index contributed by atoms with van der Waals surface area (Å²) in [4.78, 5) is 15.1. The molecule has 0 unspecified atom stereocenters. The quantitative estimate of drug-likeness (QED) is 0.0374. The molecular weight excluding hydrogens is 883 g/mol. The molecule has 4 aromatic carbocycles. The Balaban J connectivity index is 0.000000430. The van der Waals surface area contributed by atoms with Gasteiger partial charge in [0.05, 0.1) is 18.0 Å². The zero-order valence-corrected chi connectivity index (χ0v) is 28.9. The minimum atomic E-state index is -7.22. The molecule has 61 heavy (non-hydrogen) atoms. The fourth-order valence-corrected chi connectivity index (χ4v) is 6.04. The van der Waals surface area contributed by atoms with Crippen molar-refractivity contribution in [1.82, 2.24) is 4.98 Å². The van der Waals surface area contributed by atoms with Crippen molar-refractivity contribution in [3.63, 3.8) is 0 Å². The van der Waals surface area contributed by atoms with E-state index in [0.717, 1.165) is 0 Å². The molecule has 0 bridgehead atoms.